The van der Waals surface area contributed by atoms with Crippen molar-refractivity contribution in [2.75, 3.05) is 0 Å². The molecular weight excluding hydrogens is 318 g/mol. The van der Waals surface area contributed by atoms with Crippen LogP contribution in [0.15, 0.2) is 0 Å². The molecule has 0 saturated carbocycles. The topological polar surface area (TPSA) is 78.2 Å². The summed E-state index contributed by atoms with van der Waals surface area (Å²) in [6, 6.07) is -0.865. The Hall–Kier alpha value is -0.212. The standard InChI is InChI=1S/C6H10NO3.W/c1-4(8)5(7)2-3-6(9)10;/h5,7H,2-3H2,1H3,(H,9,10);/q-1;. The first-order valence-corrected chi connectivity index (χ1v) is 2.97. The van der Waals surface area contributed by atoms with Crippen molar-refractivity contribution in [2.45, 2.75) is 25.8 Å². The van der Waals surface area contributed by atoms with Gasteiger partial charge in [-0.1, -0.05) is 12.5 Å². The van der Waals surface area contributed by atoms with Crippen molar-refractivity contribution in [1.82, 2.24) is 0 Å². The summed E-state index contributed by atoms with van der Waals surface area (Å²) in [7, 11) is 0. The Balaban J connectivity index is 0. The first-order valence-electron chi connectivity index (χ1n) is 2.97. The second-order valence-electron chi connectivity index (χ2n) is 2.10. The van der Waals surface area contributed by atoms with E-state index in [-0.39, 0.29) is 39.7 Å². The van der Waals surface area contributed by atoms with Crippen molar-refractivity contribution in [3.8, 4) is 0 Å². The van der Waals surface area contributed by atoms with E-state index in [4.69, 9.17) is 10.8 Å². The molecule has 5 heteroatoms. The van der Waals surface area contributed by atoms with Gasteiger partial charge < -0.3 is 15.6 Å². The molecule has 64 valence electrons. The third kappa shape index (κ3) is 7.69. The van der Waals surface area contributed by atoms with Crippen molar-refractivity contribution in [1.29, 1.82) is 0 Å². The van der Waals surface area contributed by atoms with Crippen molar-refractivity contribution in [2.24, 2.45) is 0 Å². The van der Waals surface area contributed by atoms with Gasteiger partial charge in [0.15, 0.2) is 0 Å². The van der Waals surface area contributed by atoms with E-state index in [0.29, 0.717) is 0 Å². The molecule has 2 N–H and O–H groups in total. The molecule has 0 radical (unpaired) electrons. The summed E-state index contributed by atoms with van der Waals surface area (Å²) in [5.41, 5.74) is 7.01. The van der Waals surface area contributed by atoms with Crippen LogP contribution in [0.5, 0.6) is 0 Å². The smallest absolute Gasteiger partial charge is 0.303 e. The third-order valence-electron chi connectivity index (χ3n) is 1.14. The molecule has 0 aromatic rings. The maximum atomic E-state index is 10.4. The molecule has 0 aliphatic heterocycles. The molecule has 0 aromatic carbocycles. The van der Waals surface area contributed by atoms with Crippen LogP contribution in [0, 0.1) is 0 Å². The fourth-order valence-electron chi connectivity index (χ4n) is 0.471. The maximum absolute atomic E-state index is 10.4. The molecule has 0 heterocycles. The van der Waals surface area contributed by atoms with Crippen molar-refractivity contribution >= 4 is 11.8 Å². The number of nitrogens with one attached hydrogen (secondary N) is 1. The monoisotopic (exact) mass is 328 g/mol. The molecule has 0 rings (SSSR count). The Morgan fingerprint density at radius 2 is 2.00 bits per heavy atom. The summed E-state index contributed by atoms with van der Waals surface area (Å²) in [4.78, 5) is 20.3. The minimum Gasteiger partial charge on any atom is -0.668 e. The Morgan fingerprint density at radius 3 is 2.27 bits per heavy atom. The van der Waals surface area contributed by atoms with Crippen LogP contribution < -0.4 is 0 Å². The number of rotatable bonds is 4. The minimum atomic E-state index is -0.960. The number of Topliss-reactive ketones (excluding diaryl/α,β-unsaturated/α-hetero) is 1. The summed E-state index contributed by atoms with van der Waals surface area (Å²) in [6.07, 6.45) is 0.0123. The molecule has 0 amide bonds. The van der Waals surface area contributed by atoms with E-state index in [1.165, 1.54) is 6.92 Å². The first-order chi connectivity index (χ1) is 4.54. The van der Waals surface area contributed by atoms with Gasteiger partial charge in [-0.25, -0.2) is 0 Å². The number of aliphatic carboxylic acids is 1. The summed E-state index contributed by atoms with van der Waals surface area (Å²) in [5.74, 6) is -1.24. The zero-order valence-electron chi connectivity index (χ0n) is 6.16. The number of hydrogen-bond donors (Lipinski definition) is 1. The Labute approximate surface area is 79.4 Å². The zero-order chi connectivity index (χ0) is 8.15. The predicted octanol–water partition coefficient (Wildman–Crippen LogP) is 0.859. The molecule has 1 atom stereocenters. The van der Waals surface area contributed by atoms with Gasteiger partial charge in [-0.15, -0.1) is 0 Å². The van der Waals surface area contributed by atoms with Crippen LogP contribution in [0.2, 0.25) is 0 Å². The van der Waals surface area contributed by atoms with Crippen LogP contribution in [0.4, 0.5) is 0 Å². The van der Waals surface area contributed by atoms with Crippen LogP contribution in [0.3, 0.4) is 0 Å². The van der Waals surface area contributed by atoms with Crippen LogP contribution in [-0.2, 0) is 30.7 Å². The van der Waals surface area contributed by atoms with Gasteiger partial charge in [0.25, 0.3) is 0 Å². The Morgan fingerprint density at radius 1 is 1.55 bits per heavy atom. The van der Waals surface area contributed by atoms with Crippen LogP contribution in [-0.4, -0.2) is 22.9 Å². The number of carboxylic acids is 1. The Bertz CT molecular complexity index is 149. The fourth-order valence-corrected chi connectivity index (χ4v) is 0.471. The van der Waals surface area contributed by atoms with Gasteiger partial charge in [-0.05, 0) is 6.92 Å². The minimum absolute atomic E-state index is 0. The van der Waals surface area contributed by atoms with Gasteiger partial charge in [-0.2, -0.15) is 0 Å². The summed E-state index contributed by atoms with van der Waals surface area (Å²) in [5, 5.41) is 8.15. The fraction of sp³-hybridized carbons (Fsp3) is 0.667. The predicted molar refractivity (Wildman–Crippen MR) is 35.7 cm³/mol. The van der Waals surface area contributed by atoms with E-state index in [2.05, 4.69) is 0 Å². The van der Waals surface area contributed by atoms with Gasteiger partial charge in [-0.3, -0.25) is 4.79 Å². The van der Waals surface area contributed by atoms with Crippen LogP contribution in [0.1, 0.15) is 19.8 Å². The quantitative estimate of drug-likeness (QED) is 0.831. The van der Waals surface area contributed by atoms with E-state index in [1.807, 2.05) is 0 Å². The molecule has 1 unspecified atom stereocenters. The average Bonchev–Trinajstić information content (AvgIpc) is 1.82. The molecule has 0 aromatic heterocycles. The first kappa shape index (κ1) is 13.4. The number of ketones is 1. The van der Waals surface area contributed by atoms with Crippen LogP contribution >= 0.6 is 0 Å². The molecule has 0 aliphatic rings. The van der Waals surface area contributed by atoms with E-state index in [9.17, 15) is 9.59 Å². The molecule has 0 bridgehead atoms. The number of carboxylic acid groups (broad SMARTS) is 1. The second-order valence-corrected chi connectivity index (χ2v) is 2.10. The molecular formula is C6H10NO3W-. The Kier molecular flexibility index (Phi) is 7.90. The molecule has 0 spiro atoms. The van der Waals surface area contributed by atoms with E-state index < -0.39 is 12.0 Å². The summed E-state index contributed by atoms with van der Waals surface area (Å²) in [6.45, 7) is 1.29. The number of carbonyl (C=O) groups is 2. The number of carbonyl (C=O) groups excluding carboxylic acids is 1. The zero-order valence-corrected chi connectivity index (χ0v) is 9.10. The van der Waals surface area contributed by atoms with Gasteiger partial charge in [0, 0.05) is 27.5 Å². The van der Waals surface area contributed by atoms with Gasteiger partial charge >= 0.3 is 5.97 Å². The molecule has 0 saturated heterocycles. The van der Waals surface area contributed by atoms with Crippen molar-refractivity contribution < 1.29 is 35.8 Å². The second kappa shape index (κ2) is 6.50. The van der Waals surface area contributed by atoms with E-state index in [0.717, 1.165) is 0 Å². The average molecular weight is 328 g/mol. The van der Waals surface area contributed by atoms with E-state index >= 15 is 0 Å². The van der Waals surface area contributed by atoms with E-state index in [1.54, 1.807) is 0 Å². The maximum Gasteiger partial charge on any atom is 0.303 e. The van der Waals surface area contributed by atoms with Crippen molar-refractivity contribution in [3.63, 3.8) is 0 Å². The van der Waals surface area contributed by atoms with Crippen LogP contribution in [0.25, 0.3) is 5.73 Å². The van der Waals surface area contributed by atoms with Gasteiger partial charge in [0.2, 0.25) is 0 Å². The van der Waals surface area contributed by atoms with Gasteiger partial charge in [0.05, 0.1) is 0 Å². The SMILES string of the molecule is CC(=O)C([NH-])CCC(=O)O.[W]. The van der Waals surface area contributed by atoms with Gasteiger partial charge in [0.1, 0.15) is 5.78 Å². The number of hydrogen-bond acceptors (Lipinski definition) is 2. The molecule has 11 heavy (non-hydrogen) atoms. The molecule has 4 nitrogen and oxygen atoms in total. The van der Waals surface area contributed by atoms with Crippen molar-refractivity contribution in [3.05, 3.63) is 5.73 Å². The summed E-state index contributed by atoms with van der Waals surface area (Å²) >= 11 is 0. The largest absolute Gasteiger partial charge is 0.668 e. The third-order valence-corrected chi connectivity index (χ3v) is 1.14. The molecule has 0 fully saturated rings. The molecule has 0 aliphatic carbocycles. The normalized spacial score (nSPS) is 11.5. The summed E-state index contributed by atoms with van der Waals surface area (Å²) < 4.78 is 0.